The second-order valence-electron chi connectivity index (χ2n) is 3.58. The maximum absolute atomic E-state index is 13.2. The number of nitriles is 1. The van der Waals surface area contributed by atoms with E-state index >= 15 is 0 Å². The maximum Gasteiger partial charge on any atom is 0.141 e. The van der Waals surface area contributed by atoms with Crippen molar-refractivity contribution in [3.05, 3.63) is 34.6 Å². The van der Waals surface area contributed by atoms with Crippen LogP contribution in [0.2, 0.25) is 0 Å². The fraction of sp³-hybridized carbons (Fsp3) is 0.364. The van der Waals surface area contributed by atoms with E-state index in [0.717, 1.165) is 18.4 Å². The molecular weight excluding hydrogens is 181 g/mol. The molecule has 0 atom stereocenters. The molecule has 1 aliphatic rings. The minimum Gasteiger partial charge on any atom is -0.392 e. The molecule has 3 heteroatoms. The molecule has 0 aromatic heterocycles. The van der Waals surface area contributed by atoms with Crippen molar-refractivity contribution < 1.29 is 9.50 Å². The molecule has 14 heavy (non-hydrogen) atoms. The van der Waals surface area contributed by atoms with Crippen LogP contribution in [0.4, 0.5) is 4.39 Å². The Bertz CT molecular complexity index is 404. The van der Waals surface area contributed by atoms with Gasteiger partial charge in [0.05, 0.1) is 12.2 Å². The van der Waals surface area contributed by atoms with Gasteiger partial charge in [-0.15, -0.1) is 0 Å². The van der Waals surface area contributed by atoms with E-state index in [9.17, 15) is 4.39 Å². The topological polar surface area (TPSA) is 44.0 Å². The second-order valence-corrected chi connectivity index (χ2v) is 3.58. The van der Waals surface area contributed by atoms with Crippen molar-refractivity contribution in [2.75, 3.05) is 0 Å². The fourth-order valence-electron chi connectivity index (χ4n) is 1.63. The van der Waals surface area contributed by atoms with Gasteiger partial charge in [-0.25, -0.2) is 4.39 Å². The molecule has 0 radical (unpaired) electrons. The summed E-state index contributed by atoms with van der Waals surface area (Å²) in [5.41, 5.74) is 1.62. The Morgan fingerprint density at radius 3 is 2.71 bits per heavy atom. The van der Waals surface area contributed by atoms with Gasteiger partial charge in [0.1, 0.15) is 11.9 Å². The Morgan fingerprint density at radius 2 is 2.21 bits per heavy atom. The Hall–Kier alpha value is -1.40. The van der Waals surface area contributed by atoms with Crippen molar-refractivity contribution in [3.63, 3.8) is 0 Å². The van der Waals surface area contributed by atoms with Crippen LogP contribution < -0.4 is 0 Å². The number of benzene rings is 1. The number of aliphatic hydroxyl groups is 1. The first-order chi connectivity index (χ1) is 6.76. The monoisotopic (exact) mass is 191 g/mol. The van der Waals surface area contributed by atoms with E-state index in [1.807, 2.05) is 6.07 Å². The molecule has 0 amide bonds. The highest BCUT2D eigenvalue weighted by molar-refractivity contribution is 5.42. The van der Waals surface area contributed by atoms with E-state index < -0.39 is 5.82 Å². The number of rotatable bonds is 2. The fourth-order valence-corrected chi connectivity index (χ4v) is 1.63. The Morgan fingerprint density at radius 1 is 1.50 bits per heavy atom. The standard InChI is InChI=1S/C11H10FNO/c12-11-4-9(6-14)10(7-1-2-7)3-8(11)5-13/h3-4,7,14H,1-2,6H2. The molecular formula is C11H10FNO. The van der Waals surface area contributed by atoms with Gasteiger partial charge in [-0.1, -0.05) is 0 Å². The van der Waals surface area contributed by atoms with Crippen LogP contribution >= 0.6 is 0 Å². The van der Waals surface area contributed by atoms with Crippen LogP contribution in [0.3, 0.4) is 0 Å². The van der Waals surface area contributed by atoms with E-state index in [2.05, 4.69) is 0 Å². The van der Waals surface area contributed by atoms with Gasteiger partial charge in [-0.3, -0.25) is 0 Å². The lowest BCUT2D eigenvalue weighted by Crippen LogP contribution is -1.96. The average Bonchev–Trinajstić information content (AvgIpc) is 3.01. The third-order valence-electron chi connectivity index (χ3n) is 2.54. The van der Waals surface area contributed by atoms with Crippen LogP contribution in [-0.4, -0.2) is 5.11 Å². The molecule has 1 fully saturated rings. The van der Waals surface area contributed by atoms with Crippen molar-refractivity contribution in [1.29, 1.82) is 5.26 Å². The van der Waals surface area contributed by atoms with Crippen LogP contribution in [0.15, 0.2) is 12.1 Å². The number of halogens is 1. The van der Waals surface area contributed by atoms with E-state index in [4.69, 9.17) is 10.4 Å². The summed E-state index contributed by atoms with van der Waals surface area (Å²) in [7, 11) is 0. The van der Waals surface area contributed by atoms with Crippen LogP contribution in [0.1, 0.15) is 35.4 Å². The Balaban J connectivity index is 2.51. The lowest BCUT2D eigenvalue weighted by molar-refractivity contribution is 0.280. The van der Waals surface area contributed by atoms with Crippen molar-refractivity contribution in [3.8, 4) is 6.07 Å². The molecule has 1 aliphatic carbocycles. The summed E-state index contributed by atoms with van der Waals surface area (Å²) >= 11 is 0. The molecule has 1 aromatic carbocycles. The van der Waals surface area contributed by atoms with Gasteiger partial charge in [-0.05, 0) is 42.0 Å². The molecule has 72 valence electrons. The zero-order valence-corrected chi connectivity index (χ0v) is 7.63. The third kappa shape index (κ3) is 1.49. The Kier molecular flexibility index (Phi) is 2.22. The lowest BCUT2D eigenvalue weighted by atomic mass is 10.0. The number of aliphatic hydroxyl groups excluding tert-OH is 1. The van der Waals surface area contributed by atoms with Crippen molar-refractivity contribution in [2.45, 2.75) is 25.4 Å². The summed E-state index contributed by atoms with van der Waals surface area (Å²) in [4.78, 5) is 0. The first-order valence-electron chi connectivity index (χ1n) is 4.59. The normalized spacial score (nSPS) is 15.2. The van der Waals surface area contributed by atoms with Crippen molar-refractivity contribution in [1.82, 2.24) is 0 Å². The predicted molar refractivity (Wildman–Crippen MR) is 49.0 cm³/mol. The van der Waals surface area contributed by atoms with Gasteiger partial charge < -0.3 is 5.11 Å². The lowest BCUT2D eigenvalue weighted by Gasteiger charge is -2.06. The highest BCUT2D eigenvalue weighted by atomic mass is 19.1. The van der Waals surface area contributed by atoms with Crippen LogP contribution in [0, 0.1) is 17.1 Å². The third-order valence-corrected chi connectivity index (χ3v) is 2.54. The average molecular weight is 191 g/mol. The van der Waals surface area contributed by atoms with Crippen molar-refractivity contribution in [2.24, 2.45) is 0 Å². The predicted octanol–water partition coefficient (Wildman–Crippen LogP) is 2.07. The summed E-state index contributed by atoms with van der Waals surface area (Å²) in [5, 5.41) is 17.7. The first-order valence-corrected chi connectivity index (χ1v) is 4.59. The van der Waals surface area contributed by atoms with Crippen LogP contribution in [-0.2, 0) is 6.61 Å². The largest absolute Gasteiger partial charge is 0.392 e. The molecule has 1 N–H and O–H groups in total. The second kappa shape index (κ2) is 3.39. The zero-order valence-electron chi connectivity index (χ0n) is 7.63. The summed E-state index contributed by atoms with van der Waals surface area (Å²) in [5.74, 6) is -0.120. The number of hydrogen-bond acceptors (Lipinski definition) is 2. The maximum atomic E-state index is 13.2. The molecule has 1 aromatic rings. The Labute approximate surface area is 81.6 Å². The summed E-state index contributed by atoms with van der Waals surface area (Å²) in [6, 6.07) is 4.65. The molecule has 2 nitrogen and oxygen atoms in total. The minimum absolute atomic E-state index is 0.0732. The molecule has 1 saturated carbocycles. The quantitative estimate of drug-likeness (QED) is 0.777. The van der Waals surface area contributed by atoms with E-state index in [0.29, 0.717) is 11.5 Å². The van der Waals surface area contributed by atoms with Gasteiger partial charge in [0.25, 0.3) is 0 Å². The molecule has 2 rings (SSSR count). The SMILES string of the molecule is N#Cc1cc(C2CC2)c(CO)cc1F. The highest BCUT2D eigenvalue weighted by Gasteiger charge is 2.26. The van der Waals surface area contributed by atoms with Gasteiger partial charge in [-0.2, -0.15) is 5.26 Å². The smallest absolute Gasteiger partial charge is 0.141 e. The van der Waals surface area contributed by atoms with Crippen molar-refractivity contribution >= 4 is 0 Å². The first kappa shape index (κ1) is 9.17. The molecule has 0 spiro atoms. The molecule has 0 heterocycles. The van der Waals surface area contributed by atoms with E-state index in [-0.39, 0.29) is 12.2 Å². The zero-order chi connectivity index (χ0) is 10.1. The highest BCUT2D eigenvalue weighted by Crippen LogP contribution is 2.42. The number of nitrogens with zero attached hydrogens (tertiary/aromatic N) is 1. The summed E-state index contributed by atoms with van der Waals surface area (Å²) in [6.45, 7) is -0.158. The number of hydrogen-bond donors (Lipinski definition) is 1. The molecule has 0 bridgehead atoms. The van der Waals surface area contributed by atoms with E-state index in [1.165, 1.54) is 6.07 Å². The minimum atomic E-state index is -0.541. The van der Waals surface area contributed by atoms with Gasteiger partial charge >= 0.3 is 0 Å². The molecule has 0 aliphatic heterocycles. The molecule has 0 unspecified atom stereocenters. The summed E-state index contributed by atoms with van der Waals surface area (Å²) in [6.07, 6.45) is 2.15. The molecule has 0 saturated heterocycles. The van der Waals surface area contributed by atoms with Gasteiger partial charge in [0, 0.05) is 0 Å². The van der Waals surface area contributed by atoms with E-state index in [1.54, 1.807) is 6.07 Å². The van der Waals surface area contributed by atoms with Crippen LogP contribution in [0.5, 0.6) is 0 Å². The van der Waals surface area contributed by atoms with Crippen LogP contribution in [0.25, 0.3) is 0 Å². The van der Waals surface area contributed by atoms with Gasteiger partial charge in [0.15, 0.2) is 0 Å². The summed E-state index contributed by atoms with van der Waals surface area (Å²) < 4.78 is 13.2. The van der Waals surface area contributed by atoms with Gasteiger partial charge in [0.2, 0.25) is 0 Å².